The van der Waals surface area contributed by atoms with Gasteiger partial charge in [0.05, 0.1) is 17.4 Å². The van der Waals surface area contributed by atoms with Gasteiger partial charge < -0.3 is 14.9 Å². The van der Waals surface area contributed by atoms with E-state index < -0.39 is 17.7 Å². The van der Waals surface area contributed by atoms with Crippen LogP contribution in [0.1, 0.15) is 41.5 Å². The van der Waals surface area contributed by atoms with Crippen LogP contribution in [0.2, 0.25) is 0 Å². The van der Waals surface area contributed by atoms with Crippen LogP contribution < -0.4 is 9.64 Å². The molecule has 4 rings (SSSR count). The van der Waals surface area contributed by atoms with Crippen molar-refractivity contribution in [3.05, 3.63) is 81.1 Å². The van der Waals surface area contributed by atoms with Crippen LogP contribution in [0.3, 0.4) is 0 Å². The third-order valence-corrected chi connectivity index (χ3v) is 6.38. The third kappa shape index (κ3) is 4.12. The van der Waals surface area contributed by atoms with Crippen LogP contribution in [0, 0.1) is 13.8 Å². The van der Waals surface area contributed by atoms with Gasteiger partial charge in [0.25, 0.3) is 11.7 Å². The molecule has 2 heterocycles. The van der Waals surface area contributed by atoms with Crippen LogP contribution in [0.4, 0.5) is 5.69 Å². The Morgan fingerprint density at radius 3 is 2.48 bits per heavy atom. The Morgan fingerprint density at radius 2 is 1.85 bits per heavy atom. The summed E-state index contributed by atoms with van der Waals surface area (Å²) in [5.41, 5.74) is 2.25. The first-order valence-corrected chi connectivity index (χ1v) is 11.5. The number of phenols is 1. The van der Waals surface area contributed by atoms with Gasteiger partial charge in [0.1, 0.15) is 23.3 Å². The highest BCUT2D eigenvalue weighted by atomic mass is 32.1. The van der Waals surface area contributed by atoms with Crippen molar-refractivity contribution in [2.75, 3.05) is 4.90 Å². The molecular formula is C26H25NO5S. The molecule has 0 spiro atoms. The predicted octanol–water partition coefficient (Wildman–Crippen LogP) is 5.48. The Labute approximate surface area is 196 Å². The monoisotopic (exact) mass is 463 g/mol. The zero-order valence-electron chi connectivity index (χ0n) is 18.8. The molecule has 0 aliphatic carbocycles. The number of aromatic hydroxyl groups is 1. The van der Waals surface area contributed by atoms with Crippen molar-refractivity contribution in [1.29, 1.82) is 0 Å². The molecule has 1 atom stereocenters. The minimum Gasteiger partial charge on any atom is -0.507 e. The summed E-state index contributed by atoms with van der Waals surface area (Å²) < 4.78 is 5.77. The second kappa shape index (κ2) is 8.75. The second-order valence-electron chi connectivity index (χ2n) is 8.32. The maximum Gasteiger partial charge on any atom is 0.300 e. The standard InChI is InChI=1S/C26H25NO5S/c1-14(2)32-20-10-8-17(13-16(20)4)24(29)22-23(21-6-5-11-33-21)27(26(31)25(22)30)18-12-15(3)7-9-19(18)28/h5-14,23,28-29H,1-4H3/b24-22-. The summed E-state index contributed by atoms with van der Waals surface area (Å²) in [6.07, 6.45) is -0.00527. The molecule has 33 heavy (non-hydrogen) atoms. The van der Waals surface area contributed by atoms with Crippen molar-refractivity contribution >= 4 is 34.5 Å². The number of carbonyl (C=O) groups is 2. The average molecular weight is 464 g/mol. The number of carbonyl (C=O) groups excluding carboxylic acids is 2. The number of aliphatic hydroxyl groups excluding tert-OH is 1. The topological polar surface area (TPSA) is 87.1 Å². The first-order chi connectivity index (χ1) is 15.7. The lowest BCUT2D eigenvalue weighted by atomic mass is 9.98. The quantitative estimate of drug-likeness (QED) is 0.297. The zero-order valence-corrected chi connectivity index (χ0v) is 19.6. The molecule has 1 saturated heterocycles. The highest BCUT2D eigenvalue weighted by molar-refractivity contribution is 7.10. The van der Waals surface area contributed by atoms with Gasteiger partial charge >= 0.3 is 0 Å². The first-order valence-electron chi connectivity index (χ1n) is 10.6. The fraction of sp³-hybridized carbons (Fsp3) is 0.231. The van der Waals surface area contributed by atoms with Gasteiger partial charge in [-0.2, -0.15) is 0 Å². The van der Waals surface area contributed by atoms with Crippen molar-refractivity contribution in [3.63, 3.8) is 0 Å². The Balaban J connectivity index is 1.89. The molecule has 1 amide bonds. The predicted molar refractivity (Wildman–Crippen MR) is 129 cm³/mol. The van der Waals surface area contributed by atoms with E-state index >= 15 is 0 Å². The van der Waals surface area contributed by atoms with E-state index in [-0.39, 0.29) is 28.9 Å². The Morgan fingerprint density at radius 1 is 1.09 bits per heavy atom. The van der Waals surface area contributed by atoms with E-state index in [1.54, 1.807) is 36.4 Å². The lowest BCUT2D eigenvalue weighted by molar-refractivity contribution is -0.132. The molecule has 1 fully saturated rings. The molecule has 6 nitrogen and oxygen atoms in total. The van der Waals surface area contributed by atoms with Crippen molar-refractivity contribution in [1.82, 2.24) is 0 Å². The maximum atomic E-state index is 13.2. The summed E-state index contributed by atoms with van der Waals surface area (Å²) in [6.45, 7) is 7.55. The highest BCUT2D eigenvalue weighted by Crippen LogP contribution is 2.46. The van der Waals surface area contributed by atoms with Gasteiger partial charge in [0, 0.05) is 10.4 Å². The largest absolute Gasteiger partial charge is 0.507 e. The molecule has 2 N–H and O–H groups in total. The Kier molecular flexibility index (Phi) is 5.99. The second-order valence-corrected chi connectivity index (χ2v) is 9.30. The number of ketones is 1. The van der Waals surface area contributed by atoms with Gasteiger partial charge in [-0.3, -0.25) is 14.5 Å². The summed E-state index contributed by atoms with van der Waals surface area (Å²) in [5.74, 6) is -1.29. The molecule has 1 aliphatic heterocycles. The molecule has 0 bridgehead atoms. The summed E-state index contributed by atoms with van der Waals surface area (Å²) in [6, 6.07) is 12.8. The number of anilines is 1. The number of benzene rings is 2. The van der Waals surface area contributed by atoms with E-state index in [2.05, 4.69) is 0 Å². The van der Waals surface area contributed by atoms with E-state index in [0.29, 0.717) is 16.2 Å². The molecule has 7 heteroatoms. The number of phenolic OH excluding ortho intramolecular Hbond substituents is 1. The van der Waals surface area contributed by atoms with Gasteiger partial charge in [0.2, 0.25) is 0 Å². The lowest BCUT2D eigenvalue weighted by Gasteiger charge is -2.25. The van der Waals surface area contributed by atoms with Crippen molar-refractivity contribution in [2.24, 2.45) is 0 Å². The van der Waals surface area contributed by atoms with E-state index in [9.17, 15) is 19.8 Å². The summed E-state index contributed by atoms with van der Waals surface area (Å²) in [7, 11) is 0. The molecule has 3 aromatic rings. The van der Waals surface area contributed by atoms with Crippen LogP contribution in [0.25, 0.3) is 5.76 Å². The lowest BCUT2D eigenvalue weighted by Crippen LogP contribution is -2.29. The number of Topliss-reactive ketones (excluding diaryl/α,β-unsaturated/α-hetero) is 1. The number of aliphatic hydroxyl groups is 1. The number of ether oxygens (including phenoxy) is 1. The number of hydrogen-bond donors (Lipinski definition) is 2. The van der Waals surface area contributed by atoms with E-state index in [1.807, 2.05) is 39.1 Å². The molecule has 2 aromatic carbocycles. The number of nitrogens with zero attached hydrogens (tertiary/aromatic N) is 1. The van der Waals surface area contributed by atoms with E-state index in [0.717, 1.165) is 11.1 Å². The number of hydrogen-bond acceptors (Lipinski definition) is 6. The first kappa shape index (κ1) is 22.6. The normalized spacial score (nSPS) is 17.7. The molecular weight excluding hydrogens is 438 g/mol. The summed E-state index contributed by atoms with van der Waals surface area (Å²) >= 11 is 1.37. The fourth-order valence-electron chi connectivity index (χ4n) is 3.96. The Bertz CT molecular complexity index is 1260. The zero-order chi connectivity index (χ0) is 23.9. The molecule has 1 aliphatic rings. The van der Waals surface area contributed by atoms with Crippen molar-refractivity contribution in [2.45, 2.75) is 39.8 Å². The van der Waals surface area contributed by atoms with Gasteiger partial charge in [-0.1, -0.05) is 12.1 Å². The average Bonchev–Trinajstić information content (AvgIpc) is 3.38. The fourth-order valence-corrected chi connectivity index (χ4v) is 4.79. The molecule has 0 saturated carbocycles. The minimum absolute atomic E-state index is 0.00527. The van der Waals surface area contributed by atoms with Gasteiger partial charge in [0.15, 0.2) is 0 Å². The van der Waals surface area contributed by atoms with Gasteiger partial charge in [-0.05, 0) is 80.6 Å². The van der Waals surface area contributed by atoms with Gasteiger partial charge in [-0.15, -0.1) is 11.3 Å². The SMILES string of the molecule is Cc1ccc(O)c(N2C(=O)C(=O)/C(=C(\O)c3ccc(OC(C)C)c(C)c3)C2c2cccs2)c1. The molecule has 0 radical (unpaired) electrons. The minimum atomic E-state index is -0.857. The number of rotatable bonds is 5. The summed E-state index contributed by atoms with van der Waals surface area (Å²) in [5, 5.41) is 23.6. The number of amides is 1. The maximum absolute atomic E-state index is 13.2. The molecule has 170 valence electrons. The van der Waals surface area contributed by atoms with Crippen LogP contribution in [0.5, 0.6) is 11.5 Å². The molecule has 1 aromatic heterocycles. The number of aryl methyl sites for hydroxylation is 2. The van der Waals surface area contributed by atoms with Crippen LogP contribution in [0.15, 0.2) is 59.5 Å². The van der Waals surface area contributed by atoms with Crippen LogP contribution in [-0.4, -0.2) is 28.0 Å². The van der Waals surface area contributed by atoms with Crippen molar-refractivity contribution < 1.29 is 24.5 Å². The highest BCUT2D eigenvalue weighted by Gasteiger charge is 2.48. The summed E-state index contributed by atoms with van der Waals surface area (Å²) in [4.78, 5) is 28.3. The third-order valence-electron chi connectivity index (χ3n) is 5.46. The van der Waals surface area contributed by atoms with Crippen molar-refractivity contribution in [3.8, 4) is 11.5 Å². The van der Waals surface area contributed by atoms with Crippen LogP contribution >= 0.6 is 11.3 Å². The van der Waals surface area contributed by atoms with Crippen LogP contribution in [-0.2, 0) is 9.59 Å². The van der Waals surface area contributed by atoms with E-state index in [4.69, 9.17) is 4.74 Å². The Hall–Kier alpha value is -3.58. The number of thiophene rings is 1. The smallest absolute Gasteiger partial charge is 0.300 e. The molecule has 1 unspecified atom stereocenters. The van der Waals surface area contributed by atoms with Gasteiger partial charge in [-0.25, -0.2) is 0 Å². The van der Waals surface area contributed by atoms with E-state index in [1.165, 1.54) is 22.3 Å².